The van der Waals surface area contributed by atoms with Gasteiger partial charge in [-0.05, 0) is 29.2 Å². The molecule has 1 aromatic carbocycles. The number of hydrogen-bond acceptors (Lipinski definition) is 3. The number of nitrogens with one attached hydrogen (secondary N) is 1. The van der Waals surface area contributed by atoms with Crippen molar-refractivity contribution in [3.8, 4) is 0 Å². The number of alkyl halides is 3. The minimum atomic E-state index is -4.37. The Kier molecular flexibility index (Phi) is 4.61. The molecule has 0 amide bonds. The summed E-state index contributed by atoms with van der Waals surface area (Å²) in [5.74, 6) is 0.382. The fourth-order valence-corrected chi connectivity index (χ4v) is 2.04. The lowest BCUT2D eigenvalue weighted by Crippen LogP contribution is -2.27. The van der Waals surface area contributed by atoms with Crippen molar-refractivity contribution >= 4 is 11.6 Å². The summed E-state index contributed by atoms with van der Waals surface area (Å²) in [6.07, 6.45) is -2.32. The van der Waals surface area contributed by atoms with Crippen molar-refractivity contribution in [3.63, 3.8) is 0 Å². The van der Waals surface area contributed by atoms with Gasteiger partial charge in [0.1, 0.15) is 6.33 Å². The third-order valence-corrected chi connectivity index (χ3v) is 3.36. The normalized spacial score (nSPS) is 14.8. The fourth-order valence-electron chi connectivity index (χ4n) is 2.04. The lowest BCUT2D eigenvalue weighted by atomic mass is 9.83. The molecule has 0 fully saturated rings. The molecule has 23 heavy (non-hydrogen) atoms. The predicted molar refractivity (Wildman–Crippen MR) is 81.2 cm³/mol. The Balaban J connectivity index is 2.42. The summed E-state index contributed by atoms with van der Waals surface area (Å²) in [6, 6.07) is 4.73. The zero-order valence-corrected chi connectivity index (χ0v) is 13.0. The third-order valence-electron chi connectivity index (χ3n) is 3.36. The van der Waals surface area contributed by atoms with Crippen LogP contribution < -0.4 is 0 Å². The summed E-state index contributed by atoms with van der Waals surface area (Å²) in [4.78, 5) is 4.03. The highest BCUT2D eigenvalue weighted by Gasteiger charge is 2.30. The van der Waals surface area contributed by atoms with Crippen molar-refractivity contribution in [3.05, 3.63) is 47.5 Å². The zero-order valence-electron chi connectivity index (χ0n) is 13.0. The van der Waals surface area contributed by atoms with Gasteiger partial charge in [-0.2, -0.15) is 18.3 Å². The quantitative estimate of drug-likeness (QED) is 0.903. The van der Waals surface area contributed by atoms with Crippen LogP contribution in [0.25, 0.3) is 11.6 Å². The Labute approximate surface area is 132 Å². The molecular formula is C16H18F3N3O. The van der Waals surface area contributed by atoms with E-state index in [1.165, 1.54) is 18.5 Å². The minimum absolute atomic E-state index is 0.382. The molecule has 0 aliphatic carbocycles. The lowest BCUT2D eigenvalue weighted by molar-refractivity contribution is -0.137. The SMILES string of the molecule is CC(C)(C)C(O)C(=Cc1ccc(C(F)(F)F)cc1)c1ncn[nH]1. The molecule has 1 heterocycles. The van der Waals surface area contributed by atoms with E-state index in [0.29, 0.717) is 17.0 Å². The van der Waals surface area contributed by atoms with Gasteiger partial charge in [-0.15, -0.1) is 0 Å². The van der Waals surface area contributed by atoms with Crippen LogP contribution in [0.5, 0.6) is 0 Å². The van der Waals surface area contributed by atoms with Crippen molar-refractivity contribution in [1.29, 1.82) is 0 Å². The van der Waals surface area contributed by atoms with E-state index in [9.17, 15) is 18.3 Å². The number of benzene rings is 1. The topological polar surface area (TPSA) is 61.8 Å². The highest BCUT2D eigenvalue weighted by atomic mass is 19.4. The van der Waals surface area contributed by atoms with E-state index in [-0.39, 0.29) is 0 Å². The Morgan fingerprint density at radius 3 is 2.22 bits per heavy atom. The average Bonchev–Trinajstić information content (AvgIpc) is 2.96. The van der Waals surface area contributed by atoms with Crippen LogP contribution in [0.2, 0.25) is 0 Å². The molecule has 0 saturated heterocycles. The number of rotatable bonds is 3. The molecule has 124 valence electrons. The highest BCUT2D eigenvalue weighted by Crippen LogP contribution is 2.32. The van der Waals surface area contributed by atoms with Crippen molar-refractivity contribution < 1.29 is 18.3 Å². The molecule has 1 atom stereocenters. The van der Waals surface area contributed by atoms with Gasteiger partial charge in [0.15, 0.2) is 5.82 Å². The van der Waals surface area contributed by atoms with Gasteiger partial charge in [0.25, 0.3) is 0 Å². The van der Waals surface area contributed by atoms with Crippen LogP contribution in [0.15, 0.2) is 30.6 Å². The van der Waals surface area contributed by atoms with Gasteiger partial charge < -0.3 is 5.11 Å². The molecule has 0 bridgehead atoms. The highest BCUT2D eigenvalue weighted by molar-refractivity contribution is 5.81. The fraction of sp³-hybridized carbons (Fsp3) is 0.375. The summed E-state index contributed by atoms with van der Waals surface area (Å²) in [5, 5.41) is 17.0. The first-order chi connectivity index (χ1) is 10.6. The van der Waals surface area contributed by atoms with Gasteiger partial charge >= 0.3 is 6.18 Å². The second kappa shape index (κ2) is 6.16. The van der Waals surface area contributed by atoms with Gasteiger partial charge in [0.2, 0.25) is 0 Å². The standard InChI is InChI=1S/C16H18F3N3O/c1-15(2,3)13(23)12(14-20-9-21-22-14)8-10-4-6-11(7-5-10)16(17,18)19/h4-9,13,23H,1-3H3,(H,20,21,22). The Morgan fingerprint density at radius 1 is 1.17 bits per heavy atom. The van der Waals surface area contributed by atoms with Crippen LogP contribution in [0.4, 0.5) is 13.2 Å². The van der Waals surface area contributed by atoms with Crippen LogP contribution in [0.1, 0.15) is 37.7 Å². The summed E-state index contributed by atoms with van der Waals surface area (Å²) < 4.78 is 37.8. The third kappa shape index (κ3) is 4.19. The second-order valence-electron chi connectivity index (χ2n) is 6.32. The molecule has 0 spiro atoms. The summed E-state index contributed by atoms with van der Waals surface area (Å²) in [5.41, 5.74) is -0.181. The molecular weight excluding hydrogens is 307 g/mol. The Hall–Kier alpha value is -2.15. The van der Waals surface area contributed by atoms with Crippen molar-refractivity contribution in [2.24, 2.45) is 5.41 Å². The number of nitrogens with zero attached hydrogens (tertiary/aromatic N) is 2. The van der Waals surface area contributed by atoms with E-state index in [0.717, 1.165) is 12.1 Å². The lowest BCUT2D eigenvalue weighted by Gasteiger charge is -2.27. The number of halogens is 3. The Bertz CT molecular complexity index is 668. The van der Waals surface area contributed by atoms with Crippen molar-refractivity contribution in [2.45, 2.75) is 33.1 Å². The van der Waals surface area contributed by atoms with E-state index in [1.807, 2.05) is 20.8 Å². The van der Waals surface area contributed by atoms with E-state index >= 15 is 0 Å². The summed E-state index contributed by atoms with van der Waals surface area (Å²) in [6.45, 7) is 5.57. The van der Waals surface area contributed by atoms with Gasteiger partial charge in [-0.3, -0.25) is 5.10 Å². The summed E-state index contributed by atoms with van der Waals surface area (Å²) in [7, 11) is 0. The first-order valence-corrected chi connectivity index (χ1v) is 7.01. The van der Waals surface area contributed by atoms with Crippen LogP contribution in [0.3, 0.4) is 0 Å². The van der Waals surface area contributed by atoms with E-state index in [1.54, 1.807) is 6.08 Å². The number of H-pyrrole nitrogens is 1. The maximum atomic E-state index is 12.6. The Morgan fingerprint density at radius 2 is 1.78 bits per heavy atom. The van der Waals surface area contributed by atoms with Crippen LogP contribution in [-0.2, 0) is 6.18 Å². The van der Waals surface area contributed by atoms with E-state index < -0.39 is 23.3 Å². The monoisotopic (exact) mass is 325 g/mol. The number of aromatic amines is 1. The largest absolute Gasteiger partial charge is 0.416 e. The molecule has 2 N–H and O–H groups in total. The van der Waals surface area contributed by atoms with Gasteiger partial charge in [0, 0.05) is 5.57 Å². The molecule has 7 heteroatoms. The maximum absolute atomic E-state index is 12.6. The van der Waals surface area contributed by atoms with Crippen LogP contribution in [0, 0.1) is 5.41 Å². The van der Waals surface area contributed by atoms with E-state index in [4.69, 9.17) is 0 Å². The smallest absolute Gasteiger partial charge is 0.388 e. The molecule has 2 aromatic rings. The number of hydrogen-bond donors (Lipinski definition) is 2. The molecule has 2 rings (SSSR count). The number of aromatic nitrogens is 3. The average molecular weight is 325 g/mol. The first-order valence-electron chi connectivity index (χ1n) is 7.01. The molecule has 1 aromatic heterocycles. The van der Waals surface area contributed by atoms with Gasteiger partial charge in [-0.1, -0.05) is 32.9 Å². The van der Waals surface area contributed by atoms with Crippen molar-refractivity contribution in [2.75, 3.05) is 0 Å². The van der Waals surface area contributed by atoms with Crippen LogP contribution >= 0.6 is 0 Å². The van der Waals surface area contributed by atoms with Gasteiger partial charge in [0.05, 0.1) is 11.7 Å². The van der Waals surface area contributed by atoms with Crippen molar-refractivity contribution in [1.82, 2.24) is 15.2 Å². The summed E-state index contributed by atoms with van der Waals surface area (Å²) >= 11 is 0. The molecule has 0 saturated carbocycles. The predicted octanol–water partition coefficient (Wildman–Crippen LogP) is 3.77. The number of aliphatic hydroxyl groups is 1. The molecule has 4 nitrogen and oxygen atoms in total. The maximum Gasteiger partial charge on any atom is 0.416 e. The van der Waals surface area contributed by atoms with E-state index in [2.05, 4.69) is 15.2 Å². The molecule has 0 aliphatic rings. The second-order valence-corrected chi connectivity index (χ2v) is 6.32. The van der Waals surface area contributed by atoms with Gasteiger partial charge in [-0.25, -0.2) is 4.98 Å². The molecule has 1 unspecified atom stereocenters. The number of aliphatic hydroxyl groups excluding tert-OH is 1. The van der Waals surface area contributed by atoms with Crippen LogP contribution in [-0.4, -0.2) is 26.4 Å². The molecule has 0 aliphatic heterocycles. The first kappa shape index (κ1) is 17.2. The molecule has 0 radical (unpaired) electrons. The minimum Gasteiger partial charge on any atom is -0.388 e. The zero-order chi connectivity index (χ0) is 17.3.